The fourth-order valence-electron chi connectivity index (χ4n) is 2.87. The first kappa shape index (κ1) is 18.3. The van der Waals surface area contributed by atoms with Crippen molar-refractivity contribution in [3.05, 3.63) is 52.4 Å². The van der Waals surface area contributed by atoms with E-state index in [1.807, 2.05) is 12.1 Å². The molecule has 0 saturated carbocycles. The van der Waals surface area contributed by atoms with Gasteiger partial charge >= 0.3 is 0 Å². The number of para-hydroxylation sites is 1. The second kappa shape index (κ2) is 8.72. The van der Waals surface area contributed by atoms with Crippen molar-refractivity contribution in [1.29, 1.82) is 0 Å². The Morgan fingerprint density at radius 2 is 1.72 bits per heavy atom. The highest BCUT2D eigenvalue weighted by Crippen LogP contribution is 2.29. The lowest BCUT2D eigenvalue weighted by Gasteiger charge is -2.34. The van der Waals surface area contributed by atoms with E-state index in [4.69, 9.17) is 27.6 Å². The first-order valence-electron chi connectivity index (χ1n) is 8.33. The minimum Gasteiger partial charge on any atom is -0.468 e. The van der Waals surface area contributed by atoms with Gasteiger partial charge in [-0.25, -0.2) is 0 Å². The molecule has 1 fully saturated rings. The SMILES string of the molecule is O=C(CCN1CCN(Cc2ccco2)CC1)Nc1c(Cl)cccc1Cl. The molecule has 25 heavy (non-hydrogen) atoms. The molecule has 0 atom stereocenters. The smallest absolute Gasteiger partial charge is 0.225 e. The van der Waals surface area contributed by atoms with E-state index in [2.05, 4.69) is 15.1 Å². The highest BCUT2D eigenvalue weighted by atomic mass is 35.5. The molecular weight excluding hydrogens is 361 g/mol. The molecule has 134 valence electrons. The molecule has 0 bridgehead atoms. The number of carbonyl (C=O) groups is 1. The standard InChI is InChI=1S/C18H21Cl2N3O2/c19-15-4-1-5-16(20)18(15)21-17(24)6-7-22-8-10-23(11-9-22)13-14-3-2-12-25-14/h1-5,12H,6-11,13H2,(H,21,24). The van der Waals surface area contributed by atoms with E-state index in [0.29, 0.717) is 22.2 Å². The highest BCUT2D eigenvalue weighted by Gasteiger charge is 2.18. The summed E-state index contributed by atoms with van der Waals surface area (Å²) in [6.07, 6.45) is 2.12. The molecule has 5 nitrogen and oxygen atoms in total. The van der Waals surface area contributed by atoms with Gasteiger partial charge in [-0.1, -0.05) is 29.3 Å². The average molecular weight is 382 g/mol. The maximum atomic E-state index is 12.2. The molecule has 0 unspecified atom stereocenters. The molecule has 3 rings (SSSR count). The summed E-state index contributed by atoms with van der Waals surface area (Å²) in [5.74, 6) is 0.914. The number of benzene rings is 1. The van der Waals surface area contributed by atoms with E-state index in [-0.39, 0.29) is 5.91 Å². The van der Waals surface area contributed by atoms with Gasteiger partial charge in [0.05, 0.1) is 28.5 Å². The van der Waals surface area contributed by atoms with Crippen LogP contribution in [-0.4, -0.2) is 48.4 Å². The number of halogens is 2. The highest BCUT2D eigenvalue weighted by molar-refractivity contribution is 6.39. The van der Waals surface area contributed by atoms with E-state index in [9.17, 15) is 4.79 Å². The summed E-state index contributed by atoms with van der Waals surface area (Å²) in [5, 5.41) is 3.71. The summed E-state index contributed by atoms with van der Waals surface area (Å²) < 4.78 is 5.39. The van der Waals surface area contributed by atoms with Crippen molar-refractivity contribution >= 4 is 34.8 Å². The maximum Gasteiger partial charge on any atom is 0.225 e. The van der Waals surface area contributed by atoms with Crippen molar-refractivity contribution in [2.24, 2.45) is 0 Å². The second-order valence-electron chi connectivity index (χ2n) is 6.09. The number of hydrogen-bond donors (Lipinski definition) is 1. The molecule has 1 aromatic carbocycles. The van der Waals surface area contributed by atoms with Crippen LogP contribution < -0.4 is 5.32 Å². The maximum absolute atomic E-state index is 12.2. The Bertz CT molecular complexity index is 678. The van der Waals surface area contributed by atoms with E-state index in [0.717, 1.165) is 45.0 Å². The molecule has 2 aromatic rings. The number of furan rings is 1. The minimum absolute atomic E-state index is 0.0759. The molecule has 1 aromatic heterocycles. The van der Waals surface area contributed by atoms with Gasteiger partial charge in [-0.2, -0.15) is 0 Å². The van der Waals surface area contributed by atoms with Crippen LogP contribution in [0.1, 0.15) is 12.2 Å². The lowest BCUT2D eigenvalue weighted by atomic mass is 10.2. The Morgan fingerprint density at radius 1 is 1.04 bits per heavy atom. The molecule has 0 aliphatic carbocycles. The summed E-state index contributed by atoms with van der Waals surface area (Å²) in [5.41, 5.74) is 0.485. The van der Waals surface area contributed by atoms with E-state index in [1.165, 1.54) is 0 Å². The summed E-state index contributed by atoms with van der Waals surface area (Å²) in [7, 11) is 0. The van der Waals surface area contributed by atoms with Gasteiger partial charge in [0.15, 0.2) is 0 Å². The van der Waals surface area contributed by atoms with Crippen LogP contribution in [0.25, 0.3) is 0 Å². The van der Waals surface area contributed by atoms with Crippen molar-refractivity contribution in [3.8, 4) is 0 Å². The Labute approximate surface area is 157 Å². The molecule has 1 aliphatic heterocycles. The van der Waals surface area contributed by atoms with Gasteiger partial charge in [0.25, 0.3) is 0 Å². The van der Waals surface area contributed by atoms with Crippen molar-refractivity contribution in [3.63, 3.8) is 0 Å². The first-order chi connectivity index (χ1) is 12.1. The number of nitrogens with one attached hydrogen (secondary N) is 1. The average Bonchev–Trinajstić information content (AvgIpc) is 3.11. The van der Waals surface area contributed by atoms with Gasteiger partial charge < -0.3 is 14.6 Å². The van der Waals surface area contributed by atoms with Crippen LogP contribution in [-0.2, 0) is 11.3 Å². The van der Waals surface area contributed by atoms with Crippen molar-refractivity contribution in [1.82, 2.24) is 9.80 Å². The Balaban J connectivity index is 1.40. The number of nitrogens with zero attached hydrogens (tertiary/aromatic N) is 2. The zero-order chi connectivity index (χ0) is 17.6. The van der Waals surface area contributed by atoms with E-state index >= 15 is 0 Å². The third-order valence-corrected chi connectivity index (χ3v) is 4.94. The molecule has 1 aliphatic rings. The number of amides is 1. The lowest BCUT2D eigenvalue weighted by Crippen LogP contribution is -2.46. The van der Waals surface area contributed by atoms with Crippen LogP contribution in [0.4, 0.5) is 5.69 Å². The number of anilines is 1. The number of hydrogen-bond acceptors (Lipinski definition) is 4. The van der Waals surface area contributed by atoms with Gasteiger partial charge in [0.2, 0.25) is 5.91 Å². The van der Waals surface area contributed by atoms with Gasteiger partial charge in [-0.05, 0) is 24.3 Å². The fourth-order valence-corrected chi connectivity index (χ4v) is 3.36. The van der Waals surface area contributed by atoms with Crippen molar-refractivity contribution in [2.45, 2.75) is 13.0 Å². The quantitative estimate of drug-likeness (QED) is 0.827. The summed E-state index contributed by atoms with van der Waals surface area (Å²) in [4.78, 5) is 16.8. The zero-order valence-electron chi connectivity index (χ0n) is 13.9. The van der Waals surface area contributed by atoms with Crippen LogP contribution in [0, 0.1) is 0 Å². The normalized spacial score (nSPS) is 16.1. The summed E-state index contributed by atoms with van der Waals surface area (Å²) >= 11 is 12.1. The van der Waals surface area contributed by atoms with Crippen LogP contribution in [0.2, 0.25) is 10.0 Å². The molecule has 1 N–H and O–H groups in total. The number of carbonyl (C=O) groups excluding carboxylic acids is 1. The van der Waals surface area contributed by atoms with Crippen LogP contribution >= 0.6 is 23.2 Å². The van der Waals surface area contributed by atoms with Gasteiger partial charge in [-0.15, -0.1) is 0 Å². The van der Waals surface area contributed by atoms with Gasteiger partial charge in [-0.3, -0.25) is 9.69 Å². The molecule has 2 heterocycles. The number of piperazine rings is 1. The Kier molecular flexibility index (Phi) is 6.37. The Hall–Kier alpha value is -1.53. The molecule has 0 radical (unpaired) electrons. The fraction of sp³-hybridized carbons (Fsp3) is 0.389. The summed E-state index contributed by atoms with van der Waals surface area (Å²) in [6.45, 7) is 5.40. The lowest BCUT2D eigenvalue weighted by molar-refractivity contribution is -0.116. The molecule has 0 spiro atoms. The van der Waals surface area contributed by atoms with Crippen molar-refractivity contribution in [2.75, 3.05) is 38.0 Å². The van der Waals surface area contributed by atoms with Crippen LogP contribution in [0.3, 0.4) is 0 Å². The third-order valence-electron chi connectivity index (χ3n) is 4.31. The molecule has 7 heteroatoms. The Morgan fingerprint density at radius 3 is 2.36 bits per heavy atom. The minimum atomic E-state index is -0.0759. The van der Waals surface area contributed by atoms with E-state index in [1.54, 1.807) is 24.5 Å². The zero-order valence-corrected chi connectivity index (χ0v) is 15.4. The van der Waals surface area contributed by atoms with Crippen LogP contribution in [0.15, 0.2) is 41.0 Å². The second-order valence-corrected chi connectivity index (χ2v) is 6.91. The summed E-state index contributed by atoms with van der Waals surface area (Å²) in [6, 6.07) is 9.08. The van der Waals surface area contributed by atoms with Crippen molar-refractivity contribution < 1.29 is 9.21 Å². The third kappa shape index (κ3) is 5.22. The predicted molar refractivity (Wildman–Crippen MR) is 100 cm³/mol. The first-order valence-corrected chi connectivity index (χ1v) is 9.08. The predicted octanol–water partition coefficient (Wildman–Crippen LogP) is 3.73. The monoisotopic (exact) mass is 381 g/mol. The molecule has 1 saturated heterocycles. The van der Waals surface area contributed by atoms with Gasteiger partial charge in [0.1, 0.15) is 5.76 Å². The largest absolute Gasteiger partial charge is 0.468 e. The number of rotatable bonds is 6. The molecule has 1 amide bonds. The molecular formula is C18H21Cl2N3O2. The van der Waals surface area contributed by atoms with E-state index < -0.39 is 0 Å². The van der Waals surface area contributed by atoms with Crippen LogP contribution in [0.5, 0.6) is 0 Å². The topological polar surface area (TPSA) is 48.7 Å². The van der Waals surface area contributed by atoms with Gasteiger partial charge in [0, 0.05) is 39.1 Å².